The summed E-state index contributed by atoms with van der Waals surface area (Å²) >= 11 is 0. The van der Waals surface area contributed by atoms with Crippen LogP contribution < -0.4 is 9.80 Å². The van der Waals surface area contributed by atoms with Crippen LogP contribution in [0, 0.1) is 10.8 Å². The molecule has 1 unspecified atom stereocenters. The zero-order valence-corrected chi connectivity index (χ0v) is 27.0. The van der Waals surface area contributed by atoms with Crippen LogP contribution >= 0.6 is 0 Å². The molecule has 0 amide bonds. The van der Waals surface area contributed by atoms with Gasteiger partial charge in [-0.2, -0.15) is 0 Å². The summed E-state index contributed by atoms with van der Waals surface area (Å²) in [6.07, 6.45) is 7.58. The minimum Gasteiger partial charge on any atom is -0.421 e. The number of para-hydroxylation sites is 3. The van der Waals surface area contributed by atoms with Crippen molar-refractivity contribution in [3.63, 3.8) is 0 Å². The van der Waals surface area contributed by atoms with E-state index in [0.717, 1.165) is 46.0 Å². The Balaban J connectivity index is 1.08. The quantitative estimate of drug-likeness (QED) is 0.123. The fourth-order valence-corrected chi connectivity index (χ4v) is 6.12. The zero-order chi connectivity index (χ0) is 33.4. The molecule has 0 radical (unpaired) electrons. The van der Waals surface area contributed by atoms with Gasteiger partial charge in [-0.25, -0.2) is 0 Å². The molecular formula is C44H36N4O. The molecule has 1 atom stereocenters. The van der Waals surface area contributed by atoms with Crippen LogP contribution in [0.5, 0.6) is 0 Å². The summed E-state index contributed by atoms with van der Waals surface area (Å²) in [5, 5.41) is 17.1. The van der Waals surface area contributed by atoms with Gasteiger partial charge in [-0.05, 0) is 96.4 Å². The Kier molecular flexibility index (Phi) is 9.24. The number of hydrogen-bond acceptors (Lipinski definition) is 5. The molecule has 0 bridgehead atoms. The molecule has 2 N–H and O–H groups in total. The van der Waals surface area contributed by atoms with Gasteiger partial charge in [0, 0.05) is 39.6 Å². The lowest BCUT2D eigenvalue weighted by Gasteiger charge is -2.35. The lowest BCUT2D eigenvalue weighted by molar-refractivity contribution is 0.538. The van der Waals surface area contributed by atoms with Crippen LogP contribution in [0.25, 0.3) is 11.1 Å². The molecule has 238 valence electrons. The predicted molar refractivity (Wildman–Crippen MR) is 202 cm³/mol. The first-order valence-electron chi connectivity index (χ1n) is 16.4. The summed E-state index contributed by atoms with van der Waals surface area (Å²) in [6.45, 7) is 0. The topological polar surface area (TPSA) is 63.4 Å². The molecule has 1 aliphatic carbocycles. The van der Waals surface area contributed by atoms with Gasteiger partial charge in [0.25, 0.3) is 0 Å². The third-order valence-corrected chi connectivity index (χ3v) is 8.58. The van der Waals surface area contributed by atoms with Crippen LogP contribution in [0.3, 0.4) is 0 Å². The lowest BCUT2D eigenvalue weighted by atomic mass is 10.0. The maximum atomic E-state index is 8.63. The van der Waals surface area contributed by atoms with Crippen molar-refractivity contribution in [2.45, 2.75) is 12.5 Å². The van der Waals surface area contributed by atoms with Crippen LogP contribution in [0.15, 0.2) is 194 Å². The maximum absolute atomic E-state index is 8.63. The Morgan fingerprint density at radius 3 is 1.41 bits per heavy atom. The van der Waals surface area contributed by atoms with Crippen molar-refractivity contribution in [1.82, 2.24) is 0 Å². The fraction of sp³-hybridized carbons (Fsp3) is 0.0455. The van der Waals surface area contributed by atoms with E-state index in [0.29, 0.717) is 11.1 Å². The first kappa shape index (κ1) is 31.2. The number of benzene rings is 6. The highest BCUT2D eigenvalue weighted by Gasteiger charge is 2.23. The van der Waals surface area contributed by atoms with Crippen molar-refractivity contribution >= 4 is 34.5 Å². The van der Waals surface area contributed by atoms with Gasteiger partial charge < -0.3 is 14.5 Å². The van der Waals surface area contributed by atoms with Crippen LogP contribution in [-0.4, -0.2) is 17.8 Å². The Hall–Kier alpha value is -6.46. The summed E-state index contributed by atoms with van der Waals surface area (Å²) < 4.78 is 5.71. The third-order valence-electron chi connectivity index (χ3n) is 8.58. The third kappa shape index (κ3) is 7.11. The number of nitrogens with zero attached hydrogens (tertiary/aromatic N) is 2. The standard InChI is InChI=1S/C44H36N4O/c45-43(35-23-21-34(22-24-35)33-13-5-1-6-14-33)49-44(46)36-25-27-40(28-26-36)48(39-19-11-4-12-20-39)42-31-29-41(30-32-42)47(37-15-7-2-8-16-37)38-17-9-3-10-18-38/h1-31,42,45-46H,32H2. The Morgan fingerprint density at radius 2 is 0.918 bits per heavy atom. The smallest absolute Gasteiger partial charge is 0.221 e. The van der Waals surface area contributed by atoms with E-state index in [4.69, 9.17) is 15.6 Å². The highest BCUT2D eigenvalue weighted by Crippen LogP contribution is 2.35. The highest BCUT2D eigenvalue weighted by molar-refractivity contribution is 6.05. The van der Waals surface area contributed by atoms with Crippen molar-refractivity contribution in [3.05, 3.63) is 205 Å². The number of hydrogen-bond donors (Lipinski definition) is 2. The fourth-order valence-electron chi connectivity index (χ4n) is 6.12. The van der Waals surface area contributed by atoms with Crippen LogP contribution in [-0.2, 0) is 4.74 Å². The molecule has 0 fully saturated rings. The molecule has 0 saturated carbocycles. The van der Waals surface area contributed by atoms with E-state index in [1.54, 1.807) is 0 Å². The lowest BCUT2D eigenvalue weighted by Crippen LogP contribution is -2.31. The minimum atomic E-state index is -0.0676. The van der Waals surface area contributed by atoms with E-state index in [2.05, 4.69) is 113 Å². The SMILES string of the molecule is N=C(OC(=N)c1ccc(N(c2ccccc2)C2C=CC(N(c3ccccc3)c3ccccc3)=CC2)cc1)c1ccc(-c2ccccc2)cc1. The van der Waals surface area contributed by atoms with E-state index < -0.39 is 0 Å². The first-order chi connectivity index (χ1) is 24.1. The summed E-state index contributed by atoms with van der Waals surface area (Å²) in [5.41, 5.74) is 8.83. The Labute approximate surface area is 287 Å². The van der Waals surface area contributed by atoms with Crippen LogP contribution in [0.1, 0.15) is 17.5 Å². The van der Waals surface area contributed by atoms with Gasteiger partial charge in [-0.15, -0.1) is 0 Å². The molecule has 0 aromatic heterocycles. The first-order valence-corrected chi connectivity index (χ1v) is 16.4. The van der Waals surface area contributed by atoms with Gasteiger partial charge in [-0.1, -0.05) is 109 Å². The average Bonchev–Trinajstić information content (AvgIpc) is 3.17. The van der Waals surface area contributed by atoms with Crippen molar-refractivity contribution in [2.24, 2.45) is 0 Å². The van der Waals surface area contributed by atoms with Crippen LogP contribution in [0.2, 0.25) is 0 Å². The number of allylic oxidation sites excluding steroid dienone is 1. The average molecular weight is 637 g/mol. The van der Waals surface area contributed by atoms with Crippen LogP contribution in [0.4, 0.5) is 22.7 Å². The van der Waals surface area contributed by atoms with Crippen molar-refractivity contribution in [2.75, 3.05) is 9.80 Å². The summed E-state index contributed by atoms with van der Waals surface area (Å²) in [7, 11) is 0. The van der Waals surface area contributed by atoms with E-state index in [1.807, 2.05) is 84.9 Å². The maximum Gasteiger partial charge on any atom is 0.221 e. The van der Waals surface area contributed by atoms with Gasteiger partial charge in [0.1, 0.15) is 0 Å². The molecule has 5 heteroatoms. The summed E-state index contributed by atoms with van der Waals surface area (Å²) in [5.74, 6) is -0.128. The molecule has 0 spiro atoms. The molecule has 6 aromatic rings. The van der Waals surface area contributed by atoms with Crippen molar-refractivity contribution in [1.29, 1.82) is 10.8 Å². The zero-order valence-electron chi connectivity index (χ0n) is 27.0. The van der Waals surface area contributed by atoms with E-state index >= 15 is 0 Å². The summed E-state index contributed by atoms with van der Waals surface area (Å²) in [6, 6.07) is 56.9. The molecule has 0 heterocycles. The van der Waals surface area contributed by atoms with Gasteiger partial charge >= 0.3 is 0 Å². The second-order valence-electron chi connectivity index (χ2n) is 11.8. The minimum absolute atomic E-state index is 0.0606. The van der Waals surface area contributed by atoms with E-state index in [1.165, 1.54) is 0 Å². The largest absolute Gasteiger partial charge is 0.421 e. The van der Waals surface area contributed by atoms with Gasteiger partial charge in [0.2, 0.25) is 11.8 Å². The number of ether oxygens (including phenoxy) is 1. The van der Waals surface area contributed by atoms with E-state index in [9.17, 15) is 0 Å². The Morgan fingerprint density at radius 1 is 0.490 bits per heavy atom. The number of nitrogens with one attached hydrogen (secondary N) is 2. The monoisotopic (exact) mass is 636 g/mol. The molecule has 7 rings (SSSR count). The normalized spacial score (nSPS) is 13.6. The number of rotatable bonds is 9. The van der Waals surface area contributed by atoms with Gasteiger partial charge in [0.15, 0.2) is 0 Å². The summed E-state index contributed by atoms with van der Waals surface area (Å²) in [4.78, 5) is 4.61. The van der Waals surface area contributed by atoms with Gasteiger partial charge in [-0.3, -0.25) is 10.8 Å². The second kappa shape index (κ2) is 14.5. The second-order valence-corrected chi connectivity index (χ2v) is 11.8. The van der Waals surface area contributed by atoms with Crippen molar-refractivity contribution < 1.29 is 4.74 Å². The molecule has 49 heavy (non-hydrogen) atoms. The molecule has 1 aliphatic rings. The Bertz CT molecular complexity index is 2040. The number of anilines is 4. The van der Waals surface area contributed by atoms with Crippen molar-refractivity contribution in [3.8, 4) is 11.1 Å². The molecule has 0 saturated heterocycles. The molecule has 0 aliphatic heterocycles. The molecule has 6 aromatic carbocycles. The predicted octanol–water partition coefficient (Wildman–Crippen LogP) is 10.9. The highest BCUT2D eigenvalue weighted by atomic mass is 16.5. The molecular weight excluding hydrogens is 601 g/mol. The van der Waals surface area contributed by atoms with E-state index in [-0.39, 0.29) is 17.8 Å². The van der Waals surface area contributed by atoms with Gasteiger partial charge in [0.05, 0.1) is 6.04 Å². The molecule has 5 nitrogen and oxygen atoms in total.